The SMILES string of the molecule is NC(=O)c1ccc(NC(=O)C(CC2CCCCC2)n2cnc3cc(S(=O)(=O)C4CC4)ccc3c2=O)nc1. The average Bonchev–Trinajstić information content (AvgIpc) is 3.75. The van der Waals surface area contributed by atoms with Gasteiger partial charge in [-0.05, 0) is 55.5 Å². The molecule has 2 fully saturated rings. The summed E-state index contributed by atoms with van der Waals surface area (Å²) in [5.41, 5.74) is 5.35. The molecule has 3 aromatic rings. The van der Waals surface area contributed by atoms with E-state index in [9.17, 15) is 22.8 Å². The second-order valence-electron chi connectivity index (χ2n) is 9.92. The van der Waals surface area contributed by atoms with E-state index in [1.54, 1.807) is 0 Å². The molecule has 2 amide bonds. The number of nitrogens with one attached hydrogen (secondary N) is 1. The maximum absolute atomic E-state index is 13.5. The van der Waals surface area contributed by atoms with Crippen molar-refractivity contribution in [2.75, 3.05) is 5.32 Å². The van der Waals surface area contributed by atoms with Gasteiger partial charge >= 0.3 is 0 Å². The first kappa shape index (κ1) is 25.1. The zero-order chi connectivity index (χ0) is 26.2. The van der Waals surface area contributed by atoms with Crippen molar-refractivity contribution in [2.45, 2.75) is 67.6 Å². The van der Waals surface area contributed by atoms with Crippen LogP contribution in [0.2, 0.25) is 0 Å². The lowest BCUT2D eigenvalue weighted by molar-refractivity contribution is -0.120. The van der Waals surface area contributed by atoms with Crippen LogP contribution in [0.3, 0.4) is 0 Å². The Morgan fingerprint density at radius 2 is 1.81 bits per heavy atom. The standard InChI is InChI=1S/C26H29N5O5S/c27-24(32)17-6-11-23(28-14-17)30-25(33)22(12-16-4-2-1-3-5-16)31-15-29-21-13-19(9-10-20(21)26(31)34)37(35,36)18-7-8-18/h6,9-11,13-16,18,22H,1-5,7-8,12H2,(H2,27,32)(H,28,30,33). The molecule has 0 aliphatic heterocycles. The number of anilines is 1. The summed E-state index contributed by atoms with van der Waals surface area (Å²) in [5.74, 6) is -0.521. The van der Waals surface area contributed by atoms with Crippen LogP contribution in [0.4, 0.5) is 5.82 Å². The molecule has 0 bridgehead atoms. The fourth-order valence-corrected chi connectivity index (χ4v) is 6.67. The number of sulfone groups is 1. The van der Waals surface area contributed by atoms with E-state index in [4.69, 9.17) is 5.73 Å². The van der Waals surface area contributed by atoms with Crippen molar-refractivity contribution in [3.8, 4) is 0 Å². The lowest BCUT2D eigenvalue weighted by Crippen LogP contribution is -2.35. The zero-order valence-electron chi connectivity index (χ0n) is 20.3. The van der Waals surface area contributed by atoms with Crippen LogP contribution in [0.5, 0.6) is 0 Å². The van der Waals surface area contributed by atoms with Crippen LogP contribution in [0, 0.1) is 5.92 Å². The van der Waals surface area contributed by atoms with Gasteiger partial charge in [0, 0.05) is 6.20 Å². The quantitative estimate of drug-likeness (QED) is 0.460. The van der Waals surface area contributed by atoms with Gasteiger partial charge in [-0.15, -0.1) is 0 Å². The largest absolute Gasteiger partial charge is 0.366 e. The lowest BCUT2D eigenvalue weighted by atomic mass is 9.84. The molecule has 2 heterocycles. The molecule has 1 unspecified atom stereocenters. The van der Waals surface area contributed by atoms with Crippen molar-refractivity contribution in [1.29, 1.82) is 0 Å². The summed E-state index contributed by atoms with van der Waals surface area (Å²) >= 11 is 0. The van der Waals surface area contributed by atoms with Crippen LogP contribution in [-0.4, -0.2) is 40.0 Å². The number of hydrogen-bond acceptors (Lipinski definition) is 7. The van der Waals surface area contributed by atoms with Gasteiger partial charge in [-0.1, -0.05) is 32.1 Å². The Labute approximate surface area is 214 Å². The van der Waals surface area contributed by atoms with Crippen molar-refractivity contribution >= 4 is 38.4 Å². The molecular weight excluding hydrogens is 494 g/mol. The van der Waals surface area contributed by atoms with Gasteiger partial charge in [-0.3, -0.25) is 19.0 Å². The summed E-state index contributed by atoms with van der Waals surface area (Å²) in [7, 11) is -3.42. The first-order valence-corrected chi connectivity index (χ1v) is 14.1. The first-order valence-electron chi connectivity index (χ1n) is 12.6. The van der Waals surface area contributed by atoms with E-state index in [1.807, 2.05) is 0 Å². The summed E-state index contributed by atoms with van der Waals surface area (Å²) < 4.78 is 26.6. The molecule has 1 aromatic carbocycles. The van der Waals surface area contributed by atoms with E-state index >= 15 is 0 Å². The zero-order valence-corrected chi connectivity index (χ0v) is 21.1. The van der Waals surface area contributed by atoms with E-state index in [1.165, 1.54) is 47.4 Å². The van der Waals surface area contributed by atoms with Gasteiger partial charge in [0.15, 0.2) is 9.84 Å². The fraction of sp³-hybridized carbons (Fsp3) is 0.423. The Morgan fingerprint density at radius 3 is 2.46 bits per heavy atom. The number of carbonyl (C=O) groups is 2. The molecule has 0 spiro atoms. The monoisotopic (exact) mass is 523 g/mol. The molecule has 5 rings (SSSR count). The van der Waals surface area contributed by atoms with Crippen LogP contribution in [0.15, 0.2) is 52.5 Å². The van der Waals surface area contributed by atoms with Crippen molar-refractivity contribution in [1.82, 2.24) is 14.5 Å². The highest BCUT2D eigenvalue weighted by Crippen LogP contribution is 2.34. The molecule has 3 N–H and O–H groups in total. The Hall–Kier alpha value is -3.60. The highest BCUT2D eigenvalue weighted by Gasteiger charge is 2.37. The van der Waals surface area contributed by atoms with Gasteiger partial charge in [0.1, 0.15) is 11.9 Å². The van der Waals surface area contributed by atoms with Crippen LogP contribution < -0.4 is 16.6 Å². The van der Waals surface area contributed by atoms with E-state index in [0.717, 1.165) is 32.1 Å². The van der Waals surface area contributed by atoms with Crippen LogP contribution >= 0.6 is 0 Å². The molecule has 2 aliphatic carbocycles. The normalized spacial score (nSPS) is 17.4. The Balaban J connectivity index is 1.48. The second-order valence-corrected chi connectivity index (χ2v) is 12.1. The minimum atomic E-state index is -3.42. The molecule has 37 heavy (non-hydrogen) atoms. The van der Waals surface area contributed by atoms with E-state index in [0.29, 0.717) is 19.3 Å². The summed E-state index contributed by atoms with van der Waals surface area (Å²) in [6.07, 6.45) is 9.65. The molecule has 2 aromatic heterocycles. The number of rotatable bonds is 8. The van der Waals surface area contributed by atoms with Gasteiger partial charge in [0.2, 0.25) is 11.8 Å². The number of pyridine rings is 1. The smallest absolute Gasteiger partial charge is 0.261 e. The lowest BCUT2D eigenvalue weighted by Gasteiger charge is -2.27. The Kier molecular flexibility index (Phi) is 6.80. The van der Waals surface area contributed by atoms with Crippen molar-refractivity contribution in [3.63, 3.8) is 0 Å². The highest BCUT2D eigenvalue weighted by molar-refractivity contribution is 7.92. The number of hydrogen-bond donors (Lipinski definition) is 2. The number of primary amides is 1. The molecule has 10 nitrogen and oxygen atoms in total. The van der Waals surface area contributed by atoms with Crippen molar-refractivity contribution < 1.29 is 18.0 Å². The minimum absolute atomic E-state index is 0.161. The fourth-order valence-electron chi connectivity index (χ4n) is 4.99. The predicted octanol–water partition coefficient (Wildman–Crippen LogP) is 2.98. The number of fused-ring (bicyclic) bond motifs is 1. The molecular formula is C26H29N5O5S. The van der Waals surface area contributed by atoms with E-state index in [-0.39, 0.29) is 38.3 Å². The summed E-state index contributed by atoms with van der Waals surface area (Å²) in [6, 6.07) is 6.49. The number of aromatic nitrogens is 3. The topological polar surface area (TPSA) is 154 Å². The predicted molar refractivity (Wildman–Crippen MR) is 138 cm³/mol. The number of nitrogens with two attached hydrogens (primary N) is 1. The summed E-state index contributed by atoms with van der Waals surface area (Å²) in [4.78, 5) is 46.9. The number of benzene rings is 1. The summed E-state index contributed by atoms with van der Waals surface area (Å²) in [6.45, 7) is 0. The van der Waals surface area contributed by atoms with E-state index in [2.05, 4.69) is 15.3 Å². The third kappa shape index (κ3) is 5.27. The van der Waals surface area contributed by atoms with Crippen molar-refractivity contribution in [2.24, 2.45) is 11.7 Å². The van der Waals surface area contributed by atoms with E-state index < -0.39 is 33.3 Å². The second kappa shape index (κ2) is 10.0. The minimum Gasteiger partial charge on any atom is -0.366 e. The van der Waals surface area contributed by atoms with Crippen LogP contribution in [0.25, 0.3) is 10.9 Å². The number of amides is 2. The third-order valence-electron chi connectivity index (χ3n) is 7.27. The first-order chi connectivity index (χ1) is 17.7. The molecule has 0 radical (unpaired) electrons. The average molecular weight is 524 g/mol. The third-order valence-corrected chi connectivity index (χ3v) is 9.53. The van der Waals surface area contributed by atoms with Crippen LogP contribution in [-0.2, 0) is 14.6 Å². The molecule has 2 saturated carbocycles. The van der Waals surface area contributed by atoms with Crippen molar-refractivity contribution in [3.05, 3.63) is 58.8 Å². The molecule has 1 atom stereocenters. The molecule has 194 valence electrons. The molecule has 2 aliphatic rings. The maximum Gasteiger partial charge on any atom is 0.261 e. The molecule has 11 heteroatoms. The Bertz CT molecular complexity index is 1510. The Morgan fingerprint density at radius 1 is 1.05 bits per heavy atom. The maximum atomic E-state index is 13.5. The van der Waals surface area contributed by atoms with Crippen LogP contribution in [0.1, 0.15) is 67.8 Å². The van der Waals surface area contributed by atoms with Gasteiger partial charge in [-0.2, -0.15) is 0 Å². The highest BCUT2D eigenvalue weighted by atomic mass is 32.2. The van der Waals surface area contributed by atoms with Gasteiger partial charge in [-0.25, -0.2) is 18.4 Å². The summed E-state index contributed by atoms with van der Waals surface area (Å²) in [5, 5.41) is 2.64. The number of nitrogens with zero attached hydrogens (tertiary/aromatic N) is 3. The van der Waals surface area contributed by atoms with Gasteiger partial charge in [0.05, 0.1) is 32.9 Å². The molecule has 0 saturated heterocycles. The van der Waals surface area contributed by atoms with Gasteiger partial charge in [0.25, 0.3) is 5.56 Å². The van der Waals surface area contributed by atoms with Gasteiger partial charge < -0.3 is 11.1 Å². The number of carbonyl (C=O) groups excluding carboxylic acids is 2.